The molecule has 0 aliphatic rings. The number of halogens is 1. The van der Waals surface area contributed by atoms with Gasteiger partial charge >= 0.3 is 0 Å². The minimum Gasteiger partial charge on any atom is -0.493 e. The van der Waals surface area contributed by atoms with E-state index in [1.165, 1.54) is 0 Å². The minimum absolute atomic E-state index is 0.204. The third-order valence-electron chi connectivity index (χ3n) is 3.04. The average Bonchev–Trinajstić information content (AvgIpc) is 2.54. The first-order chi connectivity index (χ1) is 11.5. The van der Waals surface area contributed by atoms with Crippen LogP contribution in [-0.4, -0.2) is 17.6 Å². The van der Waals surface area contributed by atoms with Gasteiger partial charge in [0.1, 0.15) is 5.75 Å². The summed E-state index contributed by atoms with van der Waals surface area (Å²) >= 11 is 11.2. The van der Waals surface area contributed by atoms with Gasteiger partial charge in [0.15, 0.2) is 5.11 Å². The number of hydrogen-bond acceptors (Lipinski definition) is 3. The molecule has 2 N–H and O–H groups in total. The van der Waals surface area contributed by atoms with Crippen molar-refractivity contribution in [3.05, 3.63) is 59.1 Å². The number of benzene rings is 2. The zero-order valence-corrected chi connectivity index (χ0v) is 15.1. The predicted molar refractivity (Wildman–Crippen MR) is 102 cm³/mol. The number of ether oxygens (including phenoxy) is 1. The van der Waals surface area contributed by atoms with Crippen molar-refractivity contribution < 1.29 is 9.53 Å². The summed E-state index contributed by atoms with van der Waals surface area (Å²) < 4.78 is 5.62. The van der Waals surface area contributed by atoms with E-state index in [4.69, 9.17) is 28.6 Å². The molecule has 2 rings (SSSR count). The van der Waals surface area contributed by atoms with Crippen molar-refractivity contribution in [2.75, 3.05) is 11.9 Å². The van der Waals surface area contributed by atoms with Gasteiger partial charge in [-0.05, 0) is 54.5 Å². The van der Waals surface area contributed by atoms with Crippen LogP contribution in [0.1, 0.15) is 24.2 Å². The Morgan fingerprint density at radius 3 is 2.46 bits per heavy atom. The topological polar surface area (TPSA) is 50.4 Å². The van der Waals surface area contributed by atoms with Crippen molar-refractivity contribution in [3.63, 3.8) is 0 Å². The van der Waals surface area contributed by atoms with E-state index in [-0.39, 0.29) is 11.0 Å². The summed E-state index contributed by atoms with van der Waals surface area (Å²) in [7, 11) is 0. The fraction of sp³-hybridized carbons (Fsp3) is 0.222. The quantitative estimate of drug-likeness (QED) is 0.769. The van der Waals surface area contributed by atoms with Gasteiger partial charge in [0, 0.05) is 5.69 Å². The second kappa shape index (κ2) is 8.66. The van der Waals surface area contributed by atoms with E-state index in [9.17, 15) is 4.79 Å². The normalized spacial score (nSPS) is 10.3. The van der Waals surface area contributed by atoms with Gasteiger partial charge in [-0.15, -0.1) is 0 Å². The Bertz CT molecular complexity index is 717. The number of carbonyl (C=O) groups is 1. The van der Waals surface area contributed by atoms with E-state index < -0.39 is 0 Å². The monoisotopic (exact) mass is 362 g/mol. The molecule has 0 aliphatic carbocycles. The fourth-order valence-electron chi connectivity index (χ4n) is 1.88. The predicted octanol–water partition coefficient (Wildman–Crippen LogP) is 4.50. The lowest BCUT2D eigenvalue weighted by Crippen LogP contribution is -2.34. The van der Waals surface area contributed by atoms with Gasteiger partial charge in [-0.3, -0.25) is 10.1 Å². The second-order valence-electron chi connectivity index (χ2n) is 5.62. The number of carbonyl (C=O) groups excluding carboxylic acids is 1. The Morgan fingerprint density at radius 1 is 1.17 bits per heavy atom. The third-order valence-corrected chi connectivity index (χ3v) is 3.57. The van der Waals surface area contributed by atoms with Crippen LogP contribution >= 0.6 is 23.8 Å². The molecule has 2 aromatic carbocycles. The lowest BCUT2D eigenvalue weighted by Gasteiger charge is -2.12. The zero-order valence-electron chi connectivity index (χ0n) is 13.5. The molecule has 0 unspecified atom stereocenters. The number of anilines is 1. The number of thiocarbonyl (C=S) groups is 1. The van der Waals surface area contributed by atoms with Crippen molar-refractivity contribution in [2.24, 2.45) is 5.92 Å². The molecule has 0 spiro atoms. The number of amides is 1. The summed E-state index contributed by atoms with van der Waals surface area (Å²) in [5.74, 6) is 0.908. The van der Waals surface area contributed by atoms with Crippen molar-refractivity contribution >= 4 is 40.5 Å². The molecule has 0 bridgehead atoms. The molecular weight excluding hydrogens is 344 g/mol. The molecule has 0 heterocycles. The van der Waals surface area contributed by atoms with Crippen molar-refractivity contribution in [1.82, 2.24) is 5.32 Å². The summed E-state index contributed by atoms with van der Waals surface area (Å²) in [5.41, 5.74) is 1.14. The van der Waals surface area contributed by atoms with E-state index in [1.807, 2.05) is 24.3 Å². The standard InChI is InChI=1S/C18H19ClN2O2S/c1-12(2)11-23-14-9-7-13(8-10-14)20-18(24)21-17(22)15-5-3-4-6-16(15)19/h3-10,12H,11H2,1-2H3,(H2,20,21,22,24). The number of rotatable bonds is 5. The Kier molecular flexibility index (Phi) is 6.58. The molecule has 4 nitrogen and oxygen atoms in total. The van der Waals surface area contributed by atoms with Gasteiger partial charge < -0.3 is 10.1 Å². The Labute approximate surface area is 152 Å². The molecule has 0 aliphatic heterocycles. The Hall–Kier alpha value is -2.11. The zero-order chi connectivity index (χ0) is 17.5. The highest BCUT2D eigenvalue weighted by molar-refractivity contribution is 7.80. The van der Waals surface area contributed by atoms with E-state index in [1.54, 1.807) is 24.3 Å². The molecule has 0 fully saturated rings. The van der Waals surface area contributed by atoms with Crippen LogP contribution in [-0.2, 0) is 0 Å². The van der Waals surface area contributed by atoms with Gasteiger partial charge in [0.2, 0.25) is 0 Å². The van der Waals surface area contributed by atoms with Crippen LogP contribution in [0.15, 0.2) is 48.5 Å². The van der Waals surface area contributed by atoms with Crippen LogP contribution in [0.3, 0.4) is 0 Å². The largest absolute Gasteiger partial charge is 0.493 e. The molecule has 0 radical (unpaired) electrons. The maximum Gasteiger partial charge on any atom is 0.258 e. The number of nitrogens with one attached hydrogen (secondary N) is 2. The minimum atomic E-state index is -0.352. The summed E-state index contributed by atoms with van der Waals surface area (Å²) in [6.45, 7) is 4.85. The molecule has 0 saturated heterocycles. The summed E-state index contributed by atoms with van der Waals surface area (Å²) in [6.07, 6.45) is 0. The van der Waals surface area contributed by atoms with E-state index in [0.717, 1.165) is 11.4 Å². The first kappa shape index (κ1) is 18.2. The van der Waals surface area contributed by atoms with Crippen LogP contribution in [0.2, 0.25) is 5.02 Å². The highest BCUT2D eigenvalue weighted by Crippen LogP contribution is 2.17. The van der Waals surface area contributed by atoms with E-state index >= 15 is 0 Å². The molecule has 0 aromatic heterocycles. The highest BCUT2D eigenvalue weighted by atomic mass is 35.5. The summed E-state index contributed by atoms with van der Waals surface area (Å²) in [5, 5.41) is 6.14. The lowest BCUT2D eigenvalue weighted by atomic mass is 10.2. The lowest BCUT2D eigenvalue weighted by molar-refractivity contribution is 0.0978. The third kappa shape index (κ3) is 5.51. The summed E-state index contributed by atoms with van der Waals surface area (Å²) in [6, 6.07) is 14.2. The maximum absolute atomic E-state index is 12.1. The molecule has 0 saturated carbocycles. The van der Waals surface area contributed by atoms with Crippen LogP contribution in [0.5, 0.6) is 5.75 Å². The van der Waals surface area contributed by atoms with Gasteiger partial charge in [0.05, 0.1) is 17.2 Å². The summed E-state index contributed by atoms with van der Waals surface area (Å²) in [4.78, 5) is 12.1. The molecule has 6 heteroatoms. The van der Waals surface area contributed by atoms with Crippen LogP contribution in [0, 0.1) is 5.92 Å². The molecule has 24 heavy (non-hydrogen) atoms. The number of hydrogen-bond donors (Lipinski definition) is 2. The van der Waals surface area contributed by atoms with E-state index in [0.29, 0.717) is 23.1 Å². The molecule has 2 aromatic rings. The van der Waals surface area contributed by atoms with Gasteiger partial charge in [-0.2, -0.15) is 0 Å². The highest BCUT2D eigenvalue weighted by Gasteiger charge is 2.11. The van der Waals surface area contributed by atoms with Crippen molar-refractivity contribution in [1.29, 1.82) is 0 Å². The maximum atomic E-state index is 12.1. The van der Waals surface area contributed by atoms with E-state index in [2.05, 4.69) is 24.5 Å². The molecule has 126 valence electrons. The van der Waals surface area contributed by atoms with Gasteiger partial charge in [-0.25, -0.2) is 0 Å². The smallest absolute Gasteiger partial charge is 0.258 e. The Balaban J connectivity index is 1.90. The van der Waals surface area contributed by atoms with Crippen molar-refractivity contribution in [3.8, 4) is 5.75 Å². The Morgan fingerprint density at radius 2 is 1.83 bits per heavy atom. The SMILES string of the molecule is CC(C)COc1ccc(NC(=S)NC(=O)c2ccccc2Cl)cc1. The molecule has 1 amide bonds. The van der Waals surface area contributed by atoms with Crippen LogP contribution in [0.25, 0.3) is 0 Å². The van der Waals surface area contributed by atoms with Crippen molar-refractivity contribution in [2.45, 2.75) is 13.8 Å². The molecule has 0 atom stereocenters. The van der Waals surface area contributed by atoms with Gasteiger partial charge in [-0.1, -0.05) is 37.6 Å². The first-order valence-electron chi connectivity index (χ1n) is 7.55. The van der Waals surface area contributed by atoms with Crippen LogP contribution in [0.4, 0.5) is 5.69 Å². The van der Waals surface area contributed by atoms with Gasteiger partial charge in [0.25, 0.3) is 5.91 Å². The first-order valence-corrected chi connectivity index (χ1v) is 8.34. The fourth-order valence-corrected chi connectivity index (χ4v) is 2.31. The molecular formula is C18H19ClN2O2S. The average molecular weight is 363 g/mol. The second-order valence-corrected chi connectivity index (χ2v) is 6.43. The van der Waals surface area contributed by atoms with Crippen LogP contribution < -0.4 is 15.4 Å².